The Bertz CT molecular complexity index is 746. The summed E-state index contributed by atoms with van der Waals surface area (Å²) < 4.78 is 14.1. The van der Waals surface area contributed by atoms with Gasteiger partial charge in [-0.15, -0.1) is 11.6 Å². The highest BCUT2D eigenvalue weighted by Gasteiger charge is 2.32. The molecule has 0 saturated heterocycles. The summed E-state index contributed by atoms with van der Waals surface area (Å²) in [6, 6.07) is 13.6. The molecule has 0 saturated carbocycles. The molecule has 0 spiro atoms. The predicted octanol–water partition coefficient (Wildman–Crippen LogP) is 4.50. The summed E-state index contributed by atoms with van der Waals surface area (Å²) >= 11 is 9.10. The van der Waals surface area contributed by atoms with E-state index in [-0.39, 0.29) is 23.6 Å². The molecule has 2 aromatic rings. The first-order valence-corrected chi connectivity index (χ1v) is 8.38. The van der Waals surface area contributed by atoms with Gasteiger partial charge in [-0.25, -0.2) is 9.40 Å². The minimum atomic E-state index is -0.309. The molecule has 0 bridgehead atoms. The largest absolute Gasteiger partial charge is 0.272 e. The lowest BCUT2D eigenvalue weighted by atomic mass is 9.98. The zero-order valence-corrected chi connectivity index (χ0v) is 14.4. The third-order valence-electron chi connectivity index (χ3n) is 3.71. The lowest BCUT2D eigenvalue weighted by Gasteiger charge is -2.21. The van der Waals surface area contributed by atoms with Gasteiger partial charge in [0.05, 0.1) is 11.8 Å². The van der Waals surface area contributed by atoms with Crippen molar-refractivity contribution in [3.8, 4) is 0 Å². The molecule has 3 rings (SSSR count). The van der Waals surface area contributed by atoms with E-state index in [9.17, 15) is 9.18 Å². The fourth-order valence-electron chi connectivity index (χ4n) is 2.56. The van der Waals surface area contributed by atoms with Crippen LogP contribution in [0.1, 0.15) is 23.6 Å². The summed E-state index contributed by atoms with van der Waals surface area (Å²) in [6.45, 7) is 0. The van der Waals surface area contributed by atoms with Crippen molar-refractivity contribution in [3.63, 3.8) is 0 Å². The monoisotopic (exact) mass is 394 g/mol. The van der Waals surface area contributed by atoms with Crippen molar-refractivity contribution < 1.29 is 9.18 Å². The van der Waals surface area contributed by atoms with Crippen molar-refractivity contribution in [2.75, 3.05) is 5.88 Å². The van der Waals surface area contributed by atoms with E-state index in [1.807, 2.05) is 24.3 Å². The molecular formula is C17H13BrClFN2O. The molecule has 23 heavy (non-hydrogen) atoms. The Morgan fingerprint density at radius 1 is 1.22 bits per heavy atom. The summed E-state index contributed by atoms with van der Waals surface area (Å²) in [5.74, 6) is -0.724. The van der Waals surface area contributed by atoms with Crippen LogP contribution in [0.25, 0.3) is 0 Å². The Morgan fingerprint density at radius 3 is 2.48 bits per heavy atom. The molecule has 2 aromatic carbocycles. The van der Waals surface area contributed by atoms with Gasteiger partial charge in [0.15, 0.2) is 0 Å². The van der Waals surface area contributed by atoms with Crippen LogP contribution in [0, 0.1) is 5.82 Å². The summed E-state index contributed by atoms with van der Waals surface area (Å²) in [4.78, 5) is 12.1. The fourth-order valence-corrected chi connectivity index (χ4v) is 2.95. The second-order valence-corrected chi connectivity index (χ2v) is 6.38. The highest BCUT2D eigenvalue weighted by atomic mass is 79.9. The minimum absolute atomic E-state index is 0.144. The van der Waals surface area contributed by atoms with Crippen molar-refractivity contribution >= 4 is 39.1 Å². The lowest BCUT2D eigenvalue weighted by molar-refractivity contribution is -0.130. The van der Waals surface area contributed by atoms with Crippen molar-refractivity contribution in [1.82, 2.24) is 5.01 Å². The number of halogens is 3. The van der Waals surface area contributed by atoms with Gasteiger partial charge < -0.3 is 0 Å². The summed E-state index contributed by atoms with van der Waals surface area (Å²) in [7, 11) is 0. The fraction of sp³-hybridized carbons (Fsp3) is 0.176. The van der Waals surface area contributed by atoms with E-state index in [2.05, 4.69) is 21.0 Å². The molecule has 1 atom stereocenters. The highest BCUT2D eigenvalue weighted by Crippen LogP contribution is 2.33. The molecular weight excluding hydrogens is 383 g/mol. The van der Waals surface area contributed by atoms with Gasteiger partial charge in [-0.2, -0.15) is 5.10 Å². The van der Waals surface area contributed by atoms with Crippen LogP contribution in [0.15, 0.2) is 58.1 Å². The Hall–Kier alpha value is -1.72. The third-order valence-corrected chi connectivity index (χ3v) is 4.47. The second kappa shape index (κ2) is 6.81. The number of hydrogen-bond acceptors (Lipinski definition) is 2. The van der Waals surface area contributed by atoms with E-state index in [1.165, 1.54) is 17.1 Å². The lowest BCUT2D eigenvalue weighted by Crippen LogP contribution is -2.27. The molecule has 118 valence electrons. The summed E-state index contributed by atoms with van der Waals surface area (Å²) in [6.07, 6.45) is 0.565. The van der Waals surface area contributed by atoms with Gasteiger partial charge in [0.25, 0.3) is 5.91 Å². The first kappa shape index (κ1) is 16.1. The van der Waals surface area contributed by atoms with Gasteiger partial charge in [0, 0.05) is 10.9 Å². The van der Waals surface area contributed by atoms with Crippen LogP contribution in [-0.2, 0) is 4.79 Å². The van der Waals surface area contributed by atoms with Crippen molar-refractivity contribution in [2.24, 2.45) is 5.10 Å². The number of carbonyl (C=O) groups excluding carboxylic acids is 1. The minimum Gasteiger partial charge on any atom is -0.272 e. The number of nitrogens with zero attached hydrogens (tertiary/aromatic N) is 2. The number of hydrogen-bond donors (Lipinski definition) is 0. The molecule has 3 nitrogen and oxygen atoms in total. The number of carbonyl (C=O) groups is 1. The number of amides is 1. The Balaban J connectivity index is 1.93. The zero-order valence-electron chi connectivity index (χ0n) is 12.0. The van der Waals surface area contributed by atoms with E-state index < -0.39 is 0 Å². The van der Waals surface area contributed by atoms with Crippen LogP contribution in [0.2, 0.25) is 0 Å². The van der Waals surface area contributed by atoms with Crippen LogP contribution in [0.5, 0.6) is 0 Å². The maximum atomic E-state index is 13.1. The van der Waals surface area contributed by atoms with Crippen LogP contribution in [0.3, 0.4) is 0 Å². The highest BCUT2D eigenvalue weighted by molar-refractivity contribution is 9.10. The van der Waals surface area contributed by atoms with Crippen molar-refractivity contribution in [1.29, 1.82) is 0 Å². The van der Waals surface area contributed by atoms with Crippen molar-refractivity contribution in [3.05, 3.63) is 69.9 Å². The van der Waals surface area contributed by atoms with E-state index >= 15 is 0 Å². The van der Waals surface area contributed by atoms with Gasteiger partial charge in [-0.05, 0) is 35.4 Å². The molecule has 0 aromatic heterocycles. The molecule has 1 aliphatic rings. The molecule has 1 heterocycles. The number of hydrazone groups is 1. The second-order valence-electron chi connectivity index (χ2n) is 5.20. The number of rotatable bonds is 3. The van der Waals surface area contributed by atoms with Gasteiger partial charge >= 0.3 is 0 Å². The van der Waals surface area contributed by atoms with Crippen LogP contribution < -0.4 is 0 Å². The zero-order chi connectivity index (χ0) is 16.4. The normalized spacial score (nSPS) is 17.3. The maximum absolute atomic E-state index is 13.1. The quantitative estimate of drug-likeness (QED) is 0.704. The van der Waals surface area contributed by atoms with Crippen LogP contribution in [-0.4, -0.2) is 22.5 Å². The topological polar surface area (TPSA) is 32.7 Å². The predicted molar refractivity (Wildman–Crippen MR) is 92.0 cm³/mol. The van der Waals surface area contributed by atoms with Gasteiger partial charge in [-0.1, -0.05) is 40.2 Å². The number of alkyl halides is 1. The first-order chi connectivity index (χ1) is 11.1. The number of benzene rings is 2. The SMILES string of the molecule is O=C(CCl)N1N=C(c2ccc(Br)cc2)C[C@H]1c1ccc(F)cc1. The first-order valence-electron chi connectivity index (χ1n) is 7.05. The van der Waals surface area contributed by atoms with Crippen LogP contribution in [0.4, 0.5) is 4.39 Å². The molecule has 1 aliphatic heterocycles. The molecule has 0 N–H and O–H groups in total. The standard InChI is InChI=1S/C17H13BrClFN2O/c18-13-5-1-11(2-6-13)15-9-16(22(21-15)17(23)10-19)12-3-7-14(20)8-4-12/h1-8,16H,9-10H2/t16-/m0/s1. The third kappa shape index (κ3) is 3.46. The van der Waals surface area contributed by atoms with Gasteiger partial charge in [-0.3, -0.25) is 4.79 Å². The van der Waals surface area contributed by atoms with E-state index in [0.717, 1.165) is 21.3 Å². The van der Waals surface area contributed by atoms with E-state index in [4.69, 9.17) is 11.6 Å². The molecule has 0 radical (unpaired) electrons. The molecule has 6 heteroatoms. The Morgan fingerprint density at radius 2 is 1.87 bits per heavy atom. The Labute approximate surface area is 146 Å². The molecule has 0 unspecified atom stereocenters. The Kier molecular flexibility index (Phi) is 4.78. The van der Waals surface area contributed by atoms with E-state index in [1.54, 1.807) is 12.1 Å². The van der Waals surface area contributed by atoms with Crippen molar-refractivity contribution in [2.45, 2.75) is 12.5 Å². The maximum Gasteiger partial charge on any atom is 0.258 e. The smallest absolute Gasteiger partial charge is 0.258 e. The molecule has 0 aliphatic carbocycles. The molecule has 0 fully saturated rings. The summed E-state index contributed by atoms with van der Waals surface area (Å²) in [5.41, 5.74) is 2.59. The summed E-state index contributed by atoms with van der Waals surface area (Å²) in [5, 5.41) is 5.85. The van der Waals surface area contributed by atoms with E-state index in [0.29, 0.717) is 6.42 Å². The average molecular weight is 396 g/mol. The van der Waals surface area contributed by atoms with Crippen LogP contribution >= 0.6 is 27.5 Å². The average Bonchev–Trinajstić information content (AvgIpc) is 3.00. The molecule has 1 amide bonds. The van der Waals surface area contributed by atoms with Gasteiger partial charge in [0.2, 0.25) is 0 Å². The van der Waals surface area contributed by atoms with Gasteiger partial charge in [0.1, 0.15) is 11.7 Å².